The van der Waals surface area contributed by atoms with Gasteiger partial charge in [-0.25, -0.2) is 9.67 Å². The molecule has 0 aliphatic carbocycles. The Labute approximate surface area is 111 Å². The van der Waals surface area contributed by atoms with Crippen LogP contribution in [-0.2, 0) is 13.0 Å². The van der Waals surface area contributed by atoms with Crippen LogP contribution in [0.2, 0.25) is 0 Å². The van der Waals surface area contributed by atoms with Crippen molar-refractivity contribution in [2.24, 2.45) is 0 Å². The molecule has 18 heavy (non-hydrogen) atoms. The van der Waals surface area contributed by atoms with Gasteiger partial charge in [0.05, 0.1) is 22.6 Å². The lowest BCUT2D eigenvalue weighted by Crippen LogP contribution is -2.12. The molecule has 0 aromatic carbocycles. The zero-order valence-corrected chi connectivity index (χ0v) is 11.6. The maximum Gasteiger partial charge on any atom is 0.148 e. The Hall–Kier alpha value is -1.56. The van der Waals surface area contributed by atoms with Crippen LogP contribution in [0.15, 0.2) is 10.9 Å². The van der Waals surface area contributed by atoms with E-state index in [2.05, 4.69) is 27.7 Å². The van der Waals surface area contributed by atoms with Crippen molar-refractivity contribution in [1.82, 2.24) is 14.8 Å². The highest BCUT2D eigenvalue weighted by molar-refractivity contribution is 7.07. The Balaban J connectivity index is 1.99. The Morgan fingerprint density at radius 2 is 2.33 bits per heavy atom. The number of hydrogen-bond acceptors (Lipinski definition) is 5. The topological polar surface area (TPSA) is 68.8 Å². The molecule has 0 aliphatic rings. The van der Waals surface area contributed by atoms with Gasteiger partial charge in [-0.1, -0.05) is 6.92 Å². The fourth-order valence-corrected chi connectivity index (χ4v) is 2.42. The highest BCUT2D eigenvalue weighted by Crippen LogP contribution is 2.22. The van der Waals surface area contributed by atoms with Crippen molar-refractivity contribution in [3.05, 3.63) is 22.3 Å². The van der Waals surface area contributed by atoms with E-state index in [1.54, 1.807) is 11.3 Å². The Kier molecular flexibility index (Phi) is 4.19. The van der Waals surface area contributed by atoms with Gasteiger partial charge in [0.25, 0.3) is 0 Å². The first-order chi connectivity index (χ1) is 8.72. The lowest BCUT2D eigenvalue weighted by Gasteiger charge is -2.09. The van der Waals surface area contributed by atoms with Gasteiger partial charge in [-0.05, 0) is 13.3 Å². The lowest BCUT2D eigenvalue weighted by atomic mass is 10.3. The fourth-order valence-electron chi connectivity index (χ4n) is 1.83. The van der Waals surface area contributed by atoms with Gasteiger partial charge in [0, 0.05) is 24.9 Å². The largest absolute Gasteiger partial charge is 0.394 e. The number of aryl methyl sites for hydroxylation is 2. The number of thiazole rings is 1. The molecule has 0 amide bonds. The molecule has 98 valence electrons. The predicted molar refractivity (Wildman–Crippen MR) is 76.0 cm³/mol. The highest BCUT2D eigenvalue weighted by atomic mass is 32.1. The van der Waals surface area contributed by atoms with Gasteiger partial charge in [0.15, 0.2) is 0 Å². The average Bonchev–Trinajstić information content (AvgIpc) is 2.94. The molecular formula is C12H19N5S. The predicted octanol–water partition coefficient (Wildman–Crippen LogP) is 2.29. The summed E-state index contributed by atoms with van der Waals surface area (Å²) >= 11 is 1.62. The van der Waals surface area contributed by atoms with Crippen molar-refractivity contribution in [3.63, 3.8) is 0 Å². The number of aromatic nitrogens is 3. The first-order valence-corrected chi connectivity index (χ1v) is 7.10. The lowest BCUT2D eigenvalue weighted by molar-refractivity contribution is 0.602. The number of nitrogens with one attached hydrogen (secondary N) is 1. The van der Waals surface area contributed by atoms with Crippen LogP contribution in [-0.4, -0.2) is 21.3 Å². The van der Waals surface area contributed by atoms with Crippen LogP contribution in [0.3, 0.4) is 0 Å². The summed E-state index contributed by atoms with van der Waals surface area (Å²) in [7, 11) is 0. The number of hydrogen-bond donors (Lipinski definition) is 2. The molecule has 0 saturated heterocycles. The van der Waals surface area contributed by atoms with E-state index in [4.69, 9.17) is 5.73 Å². The van der Waals surface area contributed by atoms with Gasteiger partial charge in [0.1, 0.15) is 5.82 Å². The second-order valence-corrected chi connectivity index (χ2v) is 4.95. The summed E-state index contributed by atoms with van der Waals surface area (Å²) in [6.07, 6.45) is 1.95. The minimum Gasteiger partial charge on any atom is -0.394 e. The van der Waals surface area contributed by atoms with E-state index in [1.165, 1.54) is 0 Å². The van der Waals surface area contributed by atoms with Gasteiger partial charge >= 0.3 is 0 Å². The quantitative estimate of drug-likeness (QED) is 0.841. The van der Waals surface area contributed by atoms with Crippen LogP contribution >= 0.6 is 11.3 Å². The van der Waals surface area contributed by atoms with Gasteiger partial charge < -0.3 is 11.1 Å². The summed E-state index contributed by atoms with van der Waals surface area (Å²) in [4.78, 5) is 4.26. The summed E-state index contributed by atoms with van der Waals surface area (Å²) in [5, 5.41) is 9.87. The van der Waals surface area contributed by atoms with Crippen LogP contribution in [0.25, 0.3) is 0 Å². The molecule has 2 heterocycles. The van der Waals surface area contributed by atoms with E-state index >= 15 is 0 Å². The van der Waals surface area contributed by atoms with E-state index in [0.29, 0.717) is 0 Å². The van der Waals surface area contributed by atoms with E-state index in [0.717, 1.165) is 48.8 Å². The molecule has 0 unspecified atom stereocenters. The minimum atomic E-state index is 0.752. The zero-order chi connectivity index (χ0) is 13.0. The number of anilines is 2. The summed E-state index contributed by atoms with van der Waals surface area (Å²) in [5.41, 5.74) is 10.6. The Bertz CT molecular complexity index is 489. The summed E-state index contributed by atoms with van der Waals surface area (Å²) < 4.78 is 1.95. The molecule has 0 aliphatic heterocycles. The van der Waals surface area contributed by atoms with Crippen LogP contribution in [0, 0.1) is 6.92 Å². The van der Waals surface area contributed by atoms with Crippen LogP contribution in [0.5, 0.6) is 0 Å². The van der Waals surface area contributed by atoms with Crippen molar-refractivity contribution < 1.29 is 0 Å². The first kappa shape index (κ1) is 12.9. The molecule has 2 aromatic heterocycles. The van der Waals surface area contributed by atoms with Gasteiger partial charge in [-0.15, -0.1) is 11.3 Å². The number of rotatable bonds is 6. The number of nitrogens with zero attached hydrogens (tertiary/aromatic N) is 3. The third-order valence-electron chi connectivity index (χ3n) is 2.77. The van der Waals surface area contributed by atoms with Gasteiger partial charge in [-0.3, -0.25) is 0 Å². The normalized spacial score (nSPS) is 10.8. The second kappa shape index (κ2) is 5.86. The van der Waals surface area contributed by atoms with Crippen LogP contribution in [0.1, 0.15) is 24.7 Å². The molecular weight excluding hydrogens is 246 g/mol. The molecule has 0 radical (unpaired) electrons. The second-order valence-electron chi connectivity index (χ2n) is 4.23. The third kappa shape index (κ3) is 2.81. The zero-order valence-electron chi connectivity index (χ0n) is 10.8. The van der Waals surface area contributed by atoms with Crippen molar-refractivity contribution in [1.29, 1.82) is 0 Å². The van der Waals surface area contributed by atoms with E-state index in [-0.39, 0.29) is 0 Å². The smallest absolute Gasteiger partial charge is 0.148 e. The summed E-state index contributed by atoms with van der Waals surface area (Å²) in [5.74, 6) is 0.935. The van der Waals surface area contributed by atoms with Crippen molar-refractivity contribution in [3.8, 4) is 0 Å². The SMILES string of the molecule is CCCn1nc(C)c(N)c1NCCc1cscn1. The molecule has 2 rings (SSSR count). The van der Waals surface area contributed by atoms with Crippen LogP contribution < -0.4 is 11.1 Å². The Morgan fingerprint density at radius 1 is 1.50 bits per heavy atom. The maximum absolute atomic E-state index is 6.03. The van der Waals surface area contributed by atoms with Crippen molar-refractivity contribution >= 4 is 22.8 Å². The monoisotopic (exact) mass is 265 g/mol. The summed E-state index contributed by atoms with van der Waals surface area (Å²) in [6.45, 7) is 5.78. The van der Waals surface area contributed by atoms with Gasteiger partial charge in [0.2, 0.25) is 0 Å². The first-order valence-electron chi connectivity index (χ1n) is 6.16. The number of nitrogens with two attached hydrogens (primary N) is 1. The summed E-state index contributed by atoms with van der Waals surface area (Å²) in [6, 6.07) is 0. The molecule has 0 fully saturated rings. The molecule has 0 atom stereocenters. The average molecular weight is 265 g/mol. The van der Waals surface area contributed by atoms with E-state index in [9.17, 15) is 0 Å². The third-order valence-corrected chi connectivity index (χ3v) is 3.40. The number of nitrogen functional groups attached to an aromatic ring is 1. The molecule has 6 heteroatoms. The highest BCUT2D eigenvalue weighted by Gasteiger charge is 2.11. The molecule has 0 saturated carbocycles. The van der Waals surface area contributed by atoms with Crippen molar-refractivity contribution in [2.75, 3.05) is 17.6 Å². The van der Waals surface area contributed by atoms with Crippen molar-refractivity contribution in [2.45, 2.75) is 33.2 Å². The molecule has 0 bridgehead atoms. The molecule has 3 N–H and O–H groups in total. The minimum absolute atomic E-state index is 0.752. The standard InChI is InChI=1S/C12H19N5S/c1-3-6-17-12(11(13)9(2)16-17)14-5-4-10-7-18-8-15-10/h7-8,14H,3-6,13H2,1-2H3. The van der Waals surface area contributed by atoms with E-state index < -0.39 is 0 Å². The van der Waals surface area contributed by atoms with Crippen LogP contribution in [0.4, 0.5) is 11.5 Å². The fraction of sp³-hybridized carbons (Fsp3) is 0.500. The maximum atomic E-state index is 6.03. The molecule has 0 spiro atoms. The Morgan fingerprint density at radius 3 is 3.00 bits per heavy atom. The van der Waals surface area contributed by atoms with Gasteiger partial charge in [-0.2, -0.15) is 5.10 Å². The van der Waals surface area contributed by atoms with E-state index in [1.807, 2.05) is 17.1 Å². The molecule has 2 aromatic rings. The molecule has 5 nitrogen and oxygen atoms in total.